The van der Waals surface area contributed by atoms with Crippen LogP contribution in [0.1, 0.15) is 37.4 Å². The Labute approximate surface area is 150 Å². The zero-order chi connectivity index (χ0) is 18.1. The van der Waals surface area contributed by atoms with Crippen LogP contribution in [0.25, 0.3) is 0 Å². The molecule has 1 N–H and O–H groups in total. The molecular formula is C22H15NO3. The molecule has 1 amide bonds. The number of carbonyl (C=O) groups is 3. The second-order valence-corrected chi connectivity index (χ2v) is 6.17. The molecule has 0 saturated carbocycles. The van der Waals surface area contributed by atoms with Crippen molar-refractivity contribution in [3.8, 4) is 0 Å². The lowest BCUT2D eigenvalue weighted by molar-refractivity contribution is -0.115. The Balaban J connectivity index is 1.60. The molecule has 1 aliphatic rings. The first-order valence-corrected chi connectivity index (χ1v) is 8.30. The van der Waals surface area contributed by atoms with Crippen LogP contribution >= 0.6 is 0 Å². The number of nitrogens with one attached hydrogen (secondary N) is 1. The summed E-state index contributed by atoms with van der Waals surface area (Å²) < 4.78 is 0. The van der Waals surface area contributed by atoms with E-state index in [0.29, 0.717) is 27.9 Å². The first-order valence-electron chi connectivity index (χ1n) is 8.30. The lowest BCUT2D eigenvalue weighted by atomic mass is 9.84. The normalized spacial score (nSPS) is 12.3. The van der Waals surface area contributed by atoms with Gasteiger partial charge in [0, 0.05) is 27.9 Å². The molecule has 0 heterocycles. The van der Waals surface area contributed by atoms with Crippen molar-refractivity contribution in [2.75, 3.05) is 5.32 Å². The summed E-state index contributed by atoms with van der Waals surface area (Å²) in [6, 6.07) is 21.0. The van der Waals surface area contributed by atoms with Gasteiger partial charge in [0.15, 0.2) is 11.6 Å². The lowest BCUT2D eigenvalue weighted by Gasteiger charge is -2.18. The molecule has 0 unspecified atom stereocenters. The summed E-state index contributed by atoms with van der Waals surface area (Å²) in [7, 11) is 0. The van der Waals surface area contributed by atoms with Crippen LogP contribution in [0.5, 0.6) is 0 Å². The minimum Gasteiger partial charge on any atom is -0.326 e. The highest BCUT2D eigenvalue weighted by Gasteiger charge is 2.29. The third-order valence-corrected chi connectivity index (χ3v) is 4.42. The van der Waals surface area contributed by atoms with E-state index >= 15 is 0 Å². The molecule has 26 heavy (non-hydrogen) atoms. The van der Waals surface area contributed by atoms with Crippen molar-refractivity contribution in [2.24, 2.45) is 0 Å². The largest absolute Gasteiger partial charge is 0.326 e. The van der Waals surface area contributed by atoms with Gasteiger partial charge in [0.1, 0.15) is 0 Å². The average molecular weight is 341 g/mol. The van der Waals surface area contributed by atoms with Crippen LogP contribution in [0.15, 0.2) is 72.8 Å². The lowest BCUT2D eigenvalue weighted by Crippen LogP contribution is -2.21. The maximum absolute atomic E-state index is 12.7. The first kappa shape index (κ1) is 16.0. The number of carbonyl (C=O) groups excluding carboxylic acids is 3. The Morgan fingerprint density at radius 1 is 0.692 bits per heavy atom. The van der Waals surface area contributed by atoms with Crippen molar-refractivity contribution < 1.29 is 14.4 Å². The fraction of sp³-hybridized carbons (Fsp3) is 0.0455. The molecule has 3 aromatic carbocycles. The number of fused-ring (bicyclic) bond motifs is 2. The molecule has 0 spiro atoms. The van der Waals surface area contributed by atoms with Gasteiger partial charge in [-0.2, -0.15) is 0 Å². The van der Waals surface area contributed by atoms with Crippen LogP contribution in [0, 0.1) is 0 Å². The predicted molar refractivity (Wildman–Crippen MR) is 98.5 cm³/mol. The summed E-state index contributed by atoms with van der Waals surface area (Å²) in [6.07, 6.45) is 0.244. The van der Waals surface area contributed by atoms with Crippen LogP contribution in [0.3, 0.4) is 0 Å². The number of hydrogen-bond donors (Lipinski definition) is 1. The van der Waals surface area contributed by atoms with Crippen molar-refractivity contribution >= 4 is 23.2 Å². The highest BCUT2D eigenvalue weighted by Crippen LogP contribution is 2.29. The van der Waals surface area contributed by atoms with Gasteiger partial charge < -0.3 is 5.32 Å². The summed E-state index contributed by atoms with van der Waals surface area (Å²) >= 11 is 0. The van der Waals surface area contributed by atoms with Crippen LogP contribution in [-0.4, -0.2) is 17.5 Å². The number of benzene rings is 3. The molecule has 4 rings (SSSR count). The molecule has 0 saturated heterocycles. The summed E-state index contributed by atoms with van der Waals surface area (Å²) in [4.78, 5) is 37.5. The maximum atomic E-state index is 12.7. The highest BCUT2D eigenvalue weighted by atomic mass is 16.2. The Morgan fingerprint density at radius 3 is 1.96 bits per heavy atom. The predicted octanol–water partition coefficient (Wildman–Crippen LogP) is 3.64. The third kappa shape index (κ3) is 2.82. The van der Waals surface area contributed by atoms with E-state index in [0.717, 1.165) is 5.56 Å². The molecule has 1 aliphatic carbocycles. The van der Waals surface area contributed by atoms with E-state index in [1.165, 1.54) is 0 Å². The molecule has 0 bridgehead atoms. The molecule has 0 radical (unpaired) electrons. The van der Waals surface area contributed by atoms with Gasteiger partial charge in [0.05, 0.1) is 6.42 Å². The number of ketones is 2. The topological polar surface area (TPSA) is 63.2 Å². The van der Waals surface area contributed by atoms with E-state index in [9.17, 15) is 14.4 Å². The molecule has 126 valence electrons. The second-order valence-electron chi connectivity index (χ2n) is 6.17. The zero-order valence-electron chi connectivity index (χ0n) is 13.9. The van der Waals surface area contributed by atoms with Crippen LogP contribution in [0.2, 0.25) is 0 Å². The van der Waals surface area contributed by atoms with E-state index in [1.54, 1.807) is 42.5 Å². The minimum atomic E-state index is -0.200. The highest BCUT2D eigenvalue weighted by molar-refractivity contribution is 6.28. The van der Waals surface area contributed by atoms with Crippen LogP contribution < -0.4 is 5.32 Å². The summed E-state index contributed by atoms with van der Waals surface area (Å²) in [5.41, 5.74) is 2.93. The van der Waals surface area contributed by atoms with E-state index < -0.39 is 0 Å². The van der Waals surface area contributed by atoms with E-state index in [-0.39, 0.29) is 23.9 Å². The SMILES string of the molecule is O=C(Cc1ccccc1)Nc1ccc2c(c1)C(=O)c1ccccc1C2=O. The van der Waals surface area contributed by atoms with Gasteiger partial charge in [-0.25, -0.2) is 0 Å². The first-order chi connectivity index (χ1) is 12.6. The quantitative estimate of drug-likeness (QED) is 0.619. The summed E-state index contributed by atoms with van der Waals surface area (Å²) in [5.74, 6) is -0.544. The molecule has 0 aliphatic heterocycles. The number of amides is 1. The van der Waals surface area contributed by atoms with Gasteiger partial charge in [-0.1, -0.05) is 54.6 Å². The van der Waals surface area contributed by atoms with E-state index in [2.05, 4.69) is 5.32 Å². The Bertz CT molecular complexity index is 1040. The third-order valence-electron chi connectivity index (χ3n) is 4.42. The summed E-state index contributed by atoms with van der Waals surface area (Å²) in [6.45, 7) is 0. The van der Waals surface area contributed by atoms with E-state index in [4.69, 9.17) is 0 Å². The van der Waals surface area contributed by atoms with Crippen LogP contribution in [-0.2, 0) is 11.2 Å². The fourth-order valence-electron chi connectivity index (χ4n) is 3.16. The van der Waals surface area contributed by atoms with Crippen molar-refractivity contribution in [3.63, 3.8) is 0 Å². The summed E-state index contributed by atoms with van der Waals surface area (Å²) in [5, 5.41) is 2.80. The smallest absolute Gasteiger partial charge is 0.228 e. The van der Waals surface area contributed by atoms with Gasteiger partial charge in [0.25, 0.3) is 0 Å². The van der Waals surface area contributed by atoms with Crippen LogP contribution in [0.4, 0.5) is 5.69 Å². The molecular weight excluding hydrogens is 326 g/mol. The van der Waals surface area contributed by atoms with Gasteiger partial charge in [-0.05, 0) is 23.8 Å². The Kier molecular flexibility index (Phi) is 3.93. The van der Waals surface area contributed by atoms with Crippen molar-refractivity contribution in [1.29, 1.82) is 0 Å². The van der Waals surface area contributed by atoms with Crippen molar-refractivity contribution in [2.45, 2.75) is 6.42 Å². The standard InChI is InChI=1S/C22H15NO3/c24-20(12-14-6-2-1-3-7-14)23-15-10-11-18-19(13-15)22(26)17-9-5-4-8-16(17)21(18)25/h1-11,13H,12H2,(H,23,24). The number of anilines is 1. The maximum Gasteiger partial charge on any atom is 0.228 e. The second kappa shape index (κ2) is 6.41. The van der Waals surface area contributed by atoms with Gasteiger partial charge in [-0.15, -0.1) is 0 Å². The van der Waals surface area contributed by atoms with Crippen molar-refractivity contribution in [3.05, 3.63) is 101 Å². The molecule has 4 nitrogen and oxygen atoms in total. The van der Waals surface area contributed by atoms with Gasteiger partial charge in [-0.3, -0.25) is 14.4 Å². The van der Waals surface area contributed by atoms with Crippen molar-refractivity contribution in [1.82, 2.24) is 0 Å². The Morgan fingerprint density at radius 2 is 1.27 bits per heavy atom. The molecule has 0 atom stereocenters. The monoisotopic (exact) mass is 341 g/mol. The molecule has 0 fully saturated rings. The average Bonchev–Trinajstić information content (AvgIpc) is 2.67. The number of hydrogen-bond acceptors (Lipinski definition) is 3. The molecule has 4 heteroatoms. The molecule has 3 aromatic rings. The van der Waals surface area contributed by atoms with E-state index in [1.807, 2.05) is 30.3 Å². The number of rotatable bonds is 3. The molecule has 0 aromatic heterocycles. The van der Waals surface area contributed by atoms with Gasteiger partial charge in [0.2, 0.25) is 5.91 Å². The zero-order valence-corrected chi connectivity index (χ0v) is 13.9. The Hall–Kier alpha value is -3.53. The fourth-order valence-corrected chi connectivity index (χ4v) is 3.16. The van der Waals surface area contributed by atoms with Gasteiger partial charge >= 0.3 is 0 Å². The minimum absolute atomic E-state index is 0.169.